The average molecular weight is 421 g/mol. The van der Waals surface area contributed by atoms with Crippen molar-refractivity contribution in [2.75, 3.05) is 25.5 Å². The monoisotopic (exact) mass is 420 g/mol. The lowest BCUT2D eigenvalue weighted by atomic mass is 9.92. The number of ether oxygens (including phenoxy) is 1. The van der Waals surface area contributed by atoms with Crippen molar-refractivity contribution in [3.8, 4) is 5.75 Å². The van der Waals surface area contributed by atoms with Gasteiger partial charge in [0.25, 0.3) is 10.0 Å². The van der Waals surface area contributed by atoms with E-state index < -0.39 is 16.1 Å². The van der Waals surface area contributed by atoms with E-state index in [9.17, 15) is 13.2 Å². The summed E-state index contributed by atoms with van der Waals surface area (Å²) in [7, 11) is 1.06. The number of hydrogen-bond donors (Lipinski definition) is 0. The predicted molar refractivity (Wildman–Crippen MR) is 110 cm³/mol. The summed E-state index contributed by atoms with van der Waals surface area (Å²) >= 11 is 5.91. The second-order valence-electron chi connectivity index (χ2n) is 6.66. The van der Waals surface area contributed by atoms with Gasteiger partial charge in [-0.2, -0.15) is 0 Å². The zero-order valence-electron chi connectivity index (χ0n) is 16.0. The van der Waals surface area contributed by atoms with Gasteiger partial charge < -0.3 is 9.64 Å². The standard InChI is InChI=1S/C20H21ClN2O4S/c1-13-16(12-22(2)3)20(24)19-17(6-5-7-18(19)27-4)23(13)28(25,26)15-10-8-14(21)9-11-15/h5-13H,1-4H3. The Hall–Kier alpha value is -2.51. The molecule has 0 aliphatic carbocycles. The van der Waals surface area contributed by atoms with Gasteiger partial charge in [-0.25, -0.2) is 8.42 Å². The highest BCUT2D eigenvalue weighted by atomic mass is 35.5. The molecule has 0 radical (unpaired) electrons. The summed E-state index contributed by atoms with van der Waals surface area (Å²) in [6.45, 7) is 1.70. The van der Waals surface area contributed by atoms with E-state index in [1.807, 2.05) is 0 Å². The molecule has 1 aliphatic heterocycles. The van der Waals surface area contributed by atoms with Gasteiger partial charge in [0.1, 0.15) is 5.75 Å². The molecule has 28 heavy (non-hydrogen) atoms. The molecule has 148 valence electrons. The second-order valence-corrected chi connectivity index (χ2v) is 8.91. The lowest BCUT2D eigenvalue weighted by Crippen LogP contribution is -2.46. The van der Waals surface area contributed by atoms with Crippen LogP contribution in [-0.4, -0.2) is 46.3 Å². The van der Waals surface area contributed by atoms with Gasteiger partial charge in [0, 0.05) is 30.9 Å². The van der Waals surface area contributed by atoms with E-state index in [0.717, 1.165) is 0 Å². The minimum Gasteiger partial charge on any atom is -0.496 e. The topological polar surface area (TPSA) is 66.9 Å². The number of ketones is 1. The Morgan fingerprint density at radius 2 is 1.79 bits per heavy atom. The molecule has 8 heteroatoms. The summed E-state index contributed by atoms with van der Waals surface area (Å²) in [4.78, 5) is 15.0. The maximum atomic E-state index is 13.5. The van der Waals surface area contributed by atoms with Crippen LogP contribution in [-0.2, 0) is 10.0 Å². The summed E-state index contributed by atoms with van der Waals surface area (Å²) in [5, 5.41) is 0.441. The first-order valence-electron chi connectivity index (χ1n) is 8.58. The van der Waals surface area contributed by atoms with Crippen LogP contribution in [0.3, 0.4) is 0 Å². The largest absolute Gasteiger partial charge is 0.496 e. The molecule has 0 aromatic heterocycles. The molecule has 2 aromatic carbocycles. The molecule has 1 aliphatic rings. The zero-order chi connectivity index (χ0) is 20.6. The SMILES string of the molecule is COc1cccc2c1C(=O)C(=CN(C)C)C(C)N2S(=O)(=O)c1ccc(Cl)cc1. The third-order valence-corrected chi connectivity index (χ3v) is 6.67. The smallest absolute Gasteiger partial charge is 0.264 e. The second kappa shape index (κ2) is 7.48. The highest BCUT2D eigenvalue weighted by molar-refractivity contribution is 7.92. The van der Waals surface area contributed by atoms with Gasteiger partial charge in [-0.15, -0.1) is 0 Å². The number of rotatable bonds is 4. The third kappa shape index (κ3) is 3.36. The molecule has 1 heterocycles. The maximum absolute atomic E-state index is 13.5. The summed E-state index contributed by atoms with van der Waals surface area (Å²) < 4.78 is 33.6. The van der Waals surface area contributed by atoms with E-state index in [0.29, 0.717) is 22.0 Å². The van der Waals surface area contributed by atoms with Gasteiger partial charge in [0.15, 0.2) is 5.78 Å². The number of halogens is 1. The van der Waals surface area contributed by atoms with Crippen molar-refractivity contribution in [3.05, 3.63) is 64.8 Å². The maximum Gasteiger partial charge on any atom is 0.264 e. The molecule has 3 rings (SSSR count). The summed E-state index contributed by atoms with van der Waals surface area (Å²) in [5.74, 6) is 0.0755. The lowest BCUT2D eigenvalue weighted by Gasteiger charge is -2.37. The molecule has 1 unspecified atom stereocenters. The van der Waals surface area contributed by atoms with E-state index in [2.05, 4.69) is 0 Å². The fraction of sp³-hybridized carbons (Fsp3) is 0.250. The van der Waals surface area contributed by atoms with Crippen LogP contribution >= 0.6 is 11.6 Å². The number of fused-ring (bicyclic) bond motifs is 1. The van der Waals surface area contributed by atoms with Crippen LogP contribution in [0.5, 0.6) is 5.75 Å². The third-order valence-electron chi connectivity index (χ3n) is 4.52. The Morgan fingerprint density at radius 1 is 1.14 bits per heavy atom. The number of nitrogens with zero attached hydrogens (tertiary/aromatic N) is 2. The number of benzene rings is 2. The molecule has 0 saturated heterocycles. The molecule has 1 atom stereocenters. The molecule has 6 nitrogen and oxygen atoms in total. The molecule has 2 aromatic rings. The zero-order valence-corrected chi connectivity index (χ0v) is 17.6. The van der Waals surface area contributed by atoms with Crippen LogP contribution < -0.4 is 9.04 Å². The molecular weight excluding hydrogens is 400 g/mol. The molecule has 0 fully saturated rings. The fourth-order valence-electron chi connectivity index (χ4n) is 3.27. The van der Waals surface area contributed by atoms with Gasteiger partial charge >= 0.3 is 0 Å². The van der Waals surface area contributed by atoms with E-state index in [1.165, 1.54) is 35.7 Å². The number of hydrogen-bond acceptors (Lipinski definition) is 5. The summed E-state index contributed by atoms with van der Waals surface area (Å²) in [6, 6.07) is 10.2. The Bertz CT molecular complexity index is 1050. The summed E-state index contributed by atoms with van der Waals surface area (Å²) in [6.07, 6.45) is 1.65. The van der Waals surface area contributed by atoms with Crippen molar-refractivity contribution >= 4 is 33.1 Å². The molecule has 0 amide bonds. The molecule has 0 bridgehead atoms. The normalized spacial score (nSPS) is 18.2. The van der Waals surface area contributed by atoms with E-state index >= 15 is 0 Å². The van der Waals surface area contributed by atoms with Crippen molar-refractivity contribution in [1.29, 1.82) is 0 Å². The fourth-order valence-corrected chi connectivity index (χ4v) is 5.05. The molecule has 0 N–H and O–H groups in total. The minimum atomic E-state index is -3.95. The van der Waals surface area contributed by atoms with Crippen LogP contribution in [0, 0.1) is 0 Å². The first-order chi connectivity index (χ1) is 13.2. The van der Waals surface area contributed by atoms with Crippen molar-refractivity contribution in [1.82, 2.24) is 4.90 Å². The van der Waals surface area contributed by atoms with Crippen LogP contribution in [0.15, 0.2) is 59.1 Å². The number of methoxy groups -OCH3 is 1. The highest BCUT2D eigenvalue weighted by Gasteiger charge is 2.41. The Labute approximate surface area is 170 Å². The van der Waals surface area contributed by atoms with E-state index in [4.69, 9.17) is 16.3 Å². The van der Waals surface area contributed by atoms with Gasteiger partial charge in [0.2, 0.25) is 0 Å². The first-order valence-corrected chi connectivity index (χ1v) is 10.4. The molecular formula is C20H21ClN2O4S. The van der Waals surface area contributed by atoms with Crippen molar-refractivity contribution < 1.29 is 17.9 Å². The van der Waals surface area contributed by atoms with Gasteiger partial charge in [-0.05, 0) is 43.3 Å². The predicted octanol–water partition coefficient (Wildman–Crippen LogP) is 3.57. The van der Waals surface area contributed by atoms with Crippen molar-refractivity contribution in [2.45, 2.75) is 17.9 Å². The van der Waals surface area contributed by atoms with Crippen molar-refractivity contribution in [2.24, 2.45) is 0 Å². The van der Waals surface area contributed by atoms with Crippen LogP contribution in [0.25, 0.3) is 0 Å². The number of sulfonamides is 1. The van der Waals surface area contributed by atoms with Crippen molar-refractivity contribution in [3.63, 3.8) is 0 Å². The van der Waals surface area contributed by atoms with Crippen LogP contribution in [0.2, 0.25) is 5.02 Å². The van der Waals surface area contributed by atoms with Gasteiger partial charge in [-0.3, -0.25) is 9.10 Å². The number of carbonyl (C=O) groups is 1. The number of anilines is 1. The first kappa shape index (κ1) is 20.2. The quantitative estimate of drug-likeness (QED) is 0.707. The number of carbonyl (C=O) groups excluding carboxylic acids is 1. The van der Waals surface area contributed by atoms with E-state index in [1.54, 1.807) is 50.3 Å². The van der Waals surface area contributed by atoms with Gasteiger partial charge in [-0.1, -0.05) is 17.7 Å². The Balaban J connectivity index is 2.29. The average Bonchev–Trinajstić information content (AvgIpc) is 2.64. The molecule has 0 saturated carbocycles. The highest BCUT2D eigenvalue weighted by Crippen LogP contribution is 2.41. The van der Waals surface area contributed by atoms with E-state index in [-0.39, 0.29) is 16.2 Å². The van der Waals surface area contributed by atoms with Gasteiger partial charge in [0.05, 0.1) is 29.3 Å². The lowest BCUT2D eigenvalue weighted by molar-refractivity contribution is 0.102. The molecule has 0 spiro atoms. The number of Topliss-reactive ketones (excluding diaryl/α,β-unsaturated/α-hetero) is 1. The Kier molecular flexibility index (Phi) is 5.41. The Morgan fingerprint density at radius 3 is 2.36 bits per heavy atom. The van der Waals surface area contributed by atoms with Crippen LogP contribution in [0.4, 0.5) is 5.69 Å². The minimum absolute atomic E-state index is 0.0936. The summed E-state index contributed by atoms with van der Waals surface area (Å²) in [5.41, 5.74) is 0.885. The van der Waals surface area contributed by atoms with Crippen LogP contribution in [0.1, 0.15) is 17.3 Å².